The predicted octanol–water partition coefficient (Wildman–Crippen LogP) is 4.44. The van der Waals surface area contributed by atoms with Crippen molar-refractivity contribution in [3.8, 4) is 22.4 Å². The summed E-state index contributed by atoms with van der Waals surface area (Å²) in [5.41, 5.74) is -1.19. The van der Waals surface area contributed by atoms with Crippen molar-refractivity contribution in [2.75, 3.05) is 6.26 Å². The Balaban J connectivity index is 2.27. The molecule has 0 spiro atoms. The van der Waals surface area contributed by atoms with Gasteiger partial charge in [0.15, 0.2) is 33.9 Å². The molecule has 0 aliphatic rings. The van der Waals surface area contributed by atoms with Gasteiger partial charge in [0.2, 0.25) is 0 Å². The normalized spacial score (nSPS) is 11.8. The number of halogens is 5. The van der Waals surface area contributed by atoms with Gasteiger partial charge in [0, 0.05) is 17.4 Å². The summed E-state index contributed by atoms with van der Waals surface area (Å²) < 4.78 is 96.4. The number of hydrogen-bond acceptors (Lipinski definition) is 4. The first-order chi connectivity index (χ1) is 12.6. The Bertz CT molecular complexity index is 1140. The molecule has 0 saturated carbocycles. The minimum Gasteiger partial charge on any atom is -0.357 e. The number of benzene rings is 2. The van der Waals surface area contributed by atoms with E-state index in [9.17, 15) is 30.4 Å². The average Bonchev–Trinajstić information content (AvgIpc) is 3.01. The molecule has 0 radical (unpaired) electrons. The van der Waals surface area contributed by atoms with Gasteiger partial charge in [-0.2, -0.15) is 0 Å². The Morgan fingerprint density at radius 3 is 2.26 bits per heavy atom. The minimum atomic E-state index is -4.05. The SMILES string of the molecule is CS(=O)(=O)c1cc(F)c(-c2c(-c3ccc(F)c(F)c3)noc2CF)cc1F. The van der Waals surface area contributed by atoms with Crippen LogP contribution in [0.25, 0.3) is 22.4 Å². The molecule has 27 heavy (non-hydrogen) atoms. The smallest absolute Gasteiger partial charge is 0.178 e. The largest absolute Gasteiger partial charge is 0.357 e. The standard InChI is InChI=1S/C17H10F5NO3S/c1-27(24,25)15-6-11(20)9(5-13(15)22)16-14(7-18)26-23-17(16)8-2-3-10(19)12(21)4-8/h2-6H,7H2,1H3. The second-order valence-electron chi connectivity index (χ2n) is 5.63. The van der Waals surface area contributed by atoms with Crippen molar-refractivity contribution in [2.45, 2.75) is 11.6 Å². The van der Waals surface area contributed by atoms with Crippen LogP contribution in [-0.2, 0) is 16.5 Å². The maximum Gasteiger partial charge on any atom is 0.178 e. The van der Waals surface area contributed by atoms with E-state index in [1.54, 1.807) is 0 Å². The first kappa shape index (κ1) is 19.0. The van der Waals surface area contributed by atoms with E-state index in [-0.39, 0.29) is 16.8 Å². The summed E-state index contributed by atoms with van der Waals surface area (Å²) in [5.74, 6) is -5.32. The van der Waals surface area contributed by atoms with Crippen LogP contribution in [0.2, 0.25) is 0 Å². The molecule has 142 valence electrons. The fourth-order valence-corrected chi connectivity index (χ4v) is 3.27. The van der Waals surface area contributed by atoms with Crippen LogP contribution in [0.4, 0.5) is 22.0 Å². The van der Waals surface area contributed by atoms with Gasteiger partial charge < -0.3 is 4.52 Å². The topological polar surface area (TPSA) is 60.2 Å². The predicted molar refractivity (Wildman–Crippen MR) is 85.1 cm³/mol. The Labute approximate surface area is 150 Å². The Morgan fingerprint density at radius 1 is 0.963 bits per heavy atom. The van der Waals surface area contributed by atoms with Crippen LogP contribution >= 0.6 is 0 Å². The van der Waals surface area contributed by atoms with Crippen molar-refractivity contribution in [3.63, 3.8) is 0 Å². The highest BCUT2D eigenvalue weighted by Crippen LogP contribution is 2.38. The van der Waals surface area contributed by atoms with Crippen LogP contribution < -0.4 is 0 Å². The Kier molecular flexibility index (Phi) is 4.77. The summed E-state index contributed by atoms with van der Waals surface area (Å²) in [6.45, 7) is -1.25. The number of aromatic nitrogens is 1. The Morgan fingerprint density at radius 2 is 1.67 bits per heavy atom. The third-order valence-electron chi connectivity index (χ3n) is 3.77. The van der Waals surface area contributed by atoms with Crippen molar-refractivity contribution in [1.29, 1.82) is 0 Å². The Hall–Kier alpha value is -2.75. The maximum absolute atomic E-state index is 14.5. The number of rotatable bonds is 4. The minimum absolute atomic E-state index is 0.0700. The molecular formula is C17H10F5NO3S. The number of sulfone groups is 1. The highest BCUT2D eigenvalue weighted by atomic mass is 32.2. The zero-order valence-corrected chi connectivity index (χ0v) is 14.4. The molecular weight excluding hydrogens is 393 g/mol. The summed E-state index contributed by atoms with van der Waals surface area (Å²) in [7, 11) is -4.05. The molecule has 4 nitrogen and oxygen atoms in total. The zero-order chi connectivity index (χ0) is 19.9. The van der Waals surface area contributed by atoms with E-state index in [0.29, 0.717) is 18.4 Å². The molecule has 0 aliphatic carbocycles. The number of nitrogens with zero attached hydrogens (tertiary/aromatic N) is 1. The van der Waals surface area contributed by atoms with Gasteiger partial charge in [-0.25, -0.2) is 30.4 Å². The lowest BCUT2D eigenvalue weighted by Crippen LogP contribution is -2.03. The molecule has 3 aromatic rings. The molecule has 1 heterocycles. The van der Waals surface area contributed by atoms with E-state index in [1.807, 2.05) is 0 Å². The lowest BCUT2D eigenvalue weighted by atomic mass is 9.98. The zero-order valence-electron chi connectivity index (χ0n) is 13.6. The first-order valence-corrected chi connectivity index (χ1v) is 9.22. The lowest BCUT2D eigenvalue weighted by Gasteiger charge is -2.08. The third-order valence-corrected chi connectivity index (χ3v) is 4.88. The van der Waals surface area contributed by atoms with E-state index in [1.165, 1.54) is 0 Å². The fraction of sp³-hybridized carbons (Fsp3) is 0.118. The fourth-order valence-electron chi connectivity index (χ4n) is 2.54. The summed E-state index contributed by atoms with van der Waals surface area (Å²) in [5, 5.41) is 3.53. The van der Waals surface area contributed by atoms with E-state index in [2.05, 4.69) is 5.16 Å². The second kappa shape index (κ2) is 6.76. The van der Waals surface area contributed by atoms with Gasteiger partial charge in [-0.15, -0.1) is 0 Å². The summed E-state index contributed by atoms with van der Waals surface area (Å²) in [6.07, 6.45) is 0.698. The summed E-state index contributed by atoms with van der Waals surface area (Å²) in [4.78, 5) is -0.878. The molecule has 0 bridgehead atoms. The summed E-state index contributed by atoms with van der Waals surface area (Å²) in [6, 6.07) is 3.62. The molecule has 3 rings (SSSR count). The summed E-state index contributed by atoms with van der Waals surface area (Å²) >= 11 is 0. The van der Waals surface area contributed by atoms with E-state index in [4.69, 9.17) is 4.52 Å². The van der Waals surface area contributed by atoms with Crippen molar-refractivity contribution >= 4 is 9.84 Å². The molecule has 0 unspecified atom stereocenters. The van der Waals surface area contributed by atoms with Crippen LogP contribution in [0.1, 0.15) is 5.76 Å². The molecule has 2 aromatic carbocycles. The molecule has 1 aromatic heterocycles. The van der Waals surface area contributed by atoms with Crippen molar-refractivity contribution in [2.24, 2.45) is 0 Å². The maximum atomic E-state index is 14.5. The molecule has 0 N–H and O–H groups in total. The van der Waals surface area contributed by atoms with Crippen LogP contribution in [0.15, 0.2) is 39.8 Å². The van der Waals surface area contributed by atoms with E-state index >= 15 is 0 Å². The molecule has 0 amide bonds. The molecule has 0 fully saturated rings. The monoisotopic (exact) mass is 403 g/mol. The van der Waals surface area contributed by atoms with Gasteiger partial charge in [0.05, 0.1) is 5.56 Å². The van der Waals surface area contributed by atoms with Crippen LogP contribution in [-0.4, -0.2) is 19.8 Å². The third kappa shape index (κ3) is 3.44. The van der Waals surface area contributed by atoms with Gasteiger partial charge in [-0.1, -0.05) is 5.16 Å². The van der Waals surface area contributed by atoms with Gasteiger partial charge in [0.1, 0.15) is 22.2 Å². The number of hydrogen-bond donors (Lipinski definition) is 0. The van der Waals surface area contributed by atoms with E-state index < -0.39 is 56.0 Å². The van der Waals surface area contributed by atoms with Crippen LogP contribution in [0, 0.1) is 23.3 Å². The molecule has 0 saturated heterocycles. The average molecular weight is 403 g/mol. The van der Waals surface area contributed by atoms with Crippen molar-refractivity contribution < 1.29 is 34.9 Å². The quantitative estimate of drug-likeness (QED) is 0.605. The van der Waals surface area contributed by atoms with Crippen molar-refractivity contribution in [1.82, 2.24) is 5.16 Å². The molecule has 0 atom stereocenters. The molecule has 0 aliphatic heterocycles. The number of alkyl halides is 1. The highest BCUT2D eigenvalue weighted by molar-refractivity contribution is 7.90. The second-order valence-corrected chi connectivity index (χ2v) is 7.61. The van der Waals surface area contributed by atoms with Gasteiger partial charge in [-0.3, -0.25) is 0 Å². The van der Waals surface area contributed by atoms with Gasteiger partial charge >= 0.3 is 0 Å². The van der Waals surface area contributed by atoms with Crippen LogP contribution in [0.3, 0.4) is 0 Å². The van der Waals surface area contributed by atoms with Gasteiger partial charge in [-0.05, 0) is 30.3 Å². The van der Waals surface area contributed by atoms with Crippen molar-refractivity contribution in [3.05, 3.63) is 59.4 Å². The van der Waals surface area contributed by atoms with Gasteiger partial charge in [0.25, 0.3) is 0 Å². The first-order valence-electron chi connectivity index (χ1n) is 7.33. The van der Waals surface area contributed by atoms with E-state index in [0.717, 1.165) is 18.2 Å². The highest BCUT2D eigenvalue weighted by Gasteiger charge is 2.26. The van der Waals surface area contributed by atoms with Crippen LogP contribution in [0.5, 0.6) is 0 Å². The molecule has 10 heteroatoms. The lowest BCUT2D eigenvalue weighted by molar-refractivity contribution is 0.332.